The van der Waals surface area contributed by atoms with E-state index >= 15 is 0 Å². The van der Waals surface area contributed by atoms with Gasteiger partial charge in [0.05, 0.1) is 0 Å². The zero-order chi connectivity index (χ0) is 8.55. The van der Waals surface area contributed by atoms with Crippen LogP contribution in [0, 0.1) is 5.82 Å². The second kappa shape index (κ2) is 3.07. The van der Waals surface area contributed by atoms with Crippen molar-refractivity contribution in [3.63, 3.8) is 0 Å². The molecule has 1 unspecified atom stereocenters. The van der Waals surface area contributed by atoms with E-state index in [0.29, 0.717) is 0 Å². The summed E-state index contributed by atoms with van der Waals surface area (Å²) in [6.07, 6.45) is 0. The lowest BCUT2D eigenvalue weighted by Gasteiger charge is -2.21. The van der Waals surface area contributed by atoms with Crippen molar-refractivity contribution >= 4 is 11.8 Å². The fourth-order valence-electron chi connectivity index (χ4n) is 1.43. The SMILES string of the molecule is NC1CSCc2ccc(F)cc21. The van der Waals surface area contributed by atoms with Crippen LogP contribution in [0.3, 0.4) is 0 Å². The molecular formula is C9H10FNS. The molecule has 2 rings (SSSR count). The third-order valence-corrected chi connectivity index (χ3v) is 3.17. The molecular weight excluding hydrogens is 173 g/mol. The smallest absolute Gasteiger partial charge is 0.123 e. The van der Waals surface area contributed by atoms with Crippen molar-refractivity contribution in [2.75, 3.05) is 5.75 Å². The summed E-state index contributed by atoms with van der Waals surface area (Å²) in [6.45, 7) is 0. The Labute approximate surface area is 75.1 Å². The van der Waals surface area contributed by atoms with Crippen molar-refractivity contribution in [1.29, 1.82) is 0 Å². The lowest BCUT2D eigenvalue weighted by Crippen LogP contribution is -2.18. The van der Waals surface area contributed by atoms with Gasteiger partial charge in [-0.15, -0.1) is 0 Å². The average molecular weight is 183 g/mol. The van der Waals surface area contributed by atoms with Crippen LogP contribution in [-0.4, -0.2) is 5.75 Å². The van der Waals surface area contributed by atoms with E-state index in [-0.39, 0.29) is 11.9 Å². The van der Waals surface area contributed by atoms with Crippen molar-refractivity contribution < 1.29 is 4.39 Å². The topological polar surface area (TPSA) is 26.0 Å². The van der Waals surface area contributed by atoms with Gasteiger partial charge in [-0.3, -0.25) is 0 Å². The van der Waals surface area contributed by atoms with Crippen LogP contribution in [0.5, 0.6) is 0 Å². The number of halogens is 1. The predicted molar refractivity (Wildman–Crippen MR) is 49.5 cm³/mol. The first-order valence-corrected chi connectivity index (χ1v) is 5.04. The Morgan fingerprint density at radius 1 is 1.50 bits per heavy atom. The molecule has 0 aliphatic carbocycles. The number of thioether (sulfide) groups is 1. The molecule has 1 aromatic rings. The van der Waals surface area contributed by atoms with Crippen LogP contribution < -0.4 is 5.73 Å². The molecule has 0 bridgehead atoms. The number of rotatable bonds is 0. The Balaban J connectivity index is 2.47. The minimum atomic E-state index is -0.184. The van der Waals surface area contributed by atoms with Gasteiger partial charge in [-0.05, 0) is 23.3 Å². The first-order valence-electron chi connectivity index (χ1n) is 3.89. The minimum absolute atomic E-state index is 0.00875. The summed E-state index contributed by atoms with van der Waals surface area (Å²) in [6, 6.07) is 4.89. The quantitative estimate of drug-likeness (QED) is 0.666. The second-order valence-electron chi connectivity index (χ2n) is 2.96. The molecule has 0 radical (unpaired) electrons. The summed E-state index contributed by atoms with van der Waals surface area (Å²) in [7, 11) is 0. The lowest BCUT2D eigenvalue weighted by atomic mass is 10.0. The number of benzene rings is 1. The van der Waals surface area contributed by atoms with Gasteiger partial charge in [0.25, 0.3) is 0 Å². The largest absolute Gasteiger partial charge is 0.323 e. The number of hydrogen-bond acceptors (Lipinski definition) is 2. The highest BCUT2D eigenvalue weighted by Crippen LogP contribution is 2.30. The molecule has 1 aromatic carbocycles. The molecule has 1 aliphatic heterocycles. The maximum atomic E-state index is 12.8. The minimum Gasteiger partial charge on any atom is -0.323 e. The molecule has 12 heavy (non-hydrogen) atoms. The molecule has 0 spiro atoms. The van der Waals surface area contributed by atoms with E-state index in [4.69, 9.17) is 5.73 Å². The van der Waals surface area contributed by atoms with Gasteiger partial charge in [0.1, 0.15) is 5.82 Å². The van der Waals surface area contributed by atoms with Crippen molar-refractivity contribution in [1.82, 2.24) is 0 Å². The average Bonchev–Trinajstić information content (AvgIpc) is 2.07. The molecule has 2 N–H and O–H groups in total. The standard InChI is InChI=1S/C9H10FNS/c10-7-2-1-6-4-12-5-9(11)8(6)3-7/h1-3,9H,4-5,11H2. The molecule has 1 heterocycles. The Kier molecular flexibility index (Phi) is 2.07. The van der Waals surface area contributed by atoms with Crippen LogP contribution in [0.2, 0.25) is 0 Å². The number of hydrogen-bond donors (Lipinski definition) is 1. The highest BCUT2D eigenvalue weighted by molar-refractivity contribution is 7.98. The fourth-order valence-corrected chi connectivity index (χ4v) is 2.46. The first-order chi connectivity index (χ1) is 5.77. The molecule has 0 saturated heterocycles. The van der Waals surface area contributed by atoms with E-state index in [0.717, 1.165) is 17.1 Å². The summed E-state index contributed by atoms with van der Waals surface area (Å²) in [5, 5.41) is 0. The number of fused-ring (bicyclic) bond motifs is 1. The highest BCUT2D eigenvalue weighted by atomic mass is 32.2. The third kappa shape index (κ3) is 1.34. The Morgan fingerprint density at radius 2 is 2.33 bits per heavy atom. The molecule has 1 atom stereocenters. The summed E-state index contributed by atoms with van der Waals surface area (Å²) in [5.41, 5.74) is 7.99. The predicted octanol–water partition coefficient (Wildman–Crippen LogP) is 2.07. The monoisotopic (exact) mass is 183 g/mol. The molecule has 0 fully saturated rings. The first kappa shape index (κ1) is 8.08. The van der Waals surface area contributed by atoms with Crippen LogP contribution in [0.4, 0.5) is 4.39 Å². The molecule has 3 heteroatoms. The molecule has 0 saturated carbocycles. The van der Waals surface area contributed by atoms with Crippen molar-refractivity contribution in [3.05, 3.63) is 35.1 Å². The lowest BCUT2D eigenvalue weighted by molar-refractivity contribution is 0.621. The zero-order valence-corrected chi connectivity index (χ0v) is 7.40. The normalized spacial score (nSPS) is 22.0. The summed E-state index contributed by atoms with van der Waals surface area (Å²) in [4.78, 5) is 0. The van der Waals surface area contributed by atoms with Gasteiger partial charge in [-0.25, -0.2) is 4.39 Å². The van der Waals surface area contributed by atoms with Gasteiger partial charge >= 0.3 is 0 Å². The summed E-state index contributed by atoms with van der Waals surface area (Å²) >= 11 is 1.80. The van der Waals surface area contributed by atoms with E-state index in [1.807, 2.05) is 6.07 Å². The van der Waals surface area contributed by atoms with Crippen LogP contribution in [0.1, 0.15) is 17.2 Å². The van der Waals surface area contributed by atoms with E-state index in [2.05, 4.69) is 0 Å². The zero-order valence-electron chi connectivity index (χ0n) is 6.59. The summed E-state index contributed by atoms with van der Waals surface area (Å²) in [5.74, 6) is 1.68. The number of nitrogens with two attached hydrogens (primary N) is 1. The fraction of sp³-hybridized carbons (Fsp3) is 0.333. The van der Waals surface area contributed by atoms with Crippen LogP contribution in [-0.2, 0) is 5.75 Å². The molecule has 1 aliphatic rings. The molecule has 0 amide bonds. The van der Waals surface area contributed by atoms with E-state index < -0.39 is 0 Å². The Bertz CT molecular complexity index is 301. The van der Waals surface area contributed by atoms with Crippen LogP contribution in [0.25, 0.3) is 0 Å². The van der Waals surface area contributed by atoms with Gasteiger partial charge in [0.2, 0.25) is 0 Å². The van der Waals surface area contributed by atoms with Gasteiger partial charge in [-0.2, -0.15) is 11.8 Å². The van der Waals surface area contributed by atoms with Gasteiger partial charge in [0, 0.05) is 17.5 Å². The van der Waals surface area contributed by atoms with E-state index in [9.17, 15) is 4.39 Å². The van der Waals surface area contributed by atoms with Gasteiger partial charge < -0.3 is 5.73 Å². The highest BCUT2D eigenvalue weighted by Gasteiger charge is 2.16. The van der Waals surface area contributed by atoms with E-state index in [1.165, 1.54) is 11.6 Å². The van der Waals surface area contributed by atoms with Crippen LogP contribution >= 0.6 is 11.8 Å². The molecule has 0 aromatic heterocycles. The molecule has 64 valence electrons. The van der Waals surface area contributed by atoms with Gasteiger partial charge in [0.15, 0.2) is 0 Å². The van der Waals surface area contributed by atoms with E-state index in [1.54, 1.807) is 17.8 Å². The second-order valence-corrected chi connectivity index (χ2v) is 4.00. The van der Waals surface area contributed by atoms with Gasteiger partial charge in [-0.1, -0.05) is 6.07 Å². The maximum Gasteiger partial charge on any atom is 0.123 e. The van der Waals surface area contributed by atoms with Crippen molar-refractivity contribution in [2.24, 2.45) is 5.73 Å². The third-order valence-electron chi connectivity index (χ3n) is 2.06. The Hall–Kier alpha value is -0.540. The molecule has 1 nitrogen and oxygen atoms in total. The van der Waals surface area contributed by atoms with Crippen molar-refractivity contribution in [2.45, 2.75) is 11.8 Å². The van der Waals surface area contributed by atoms with Crippen molar-refractivity contribution in [3.8, 4) is 0 Å². The maximum absolute atomic E-state index is 12.8. The Morgan fingerprint density at radius 3 is 3.17 bits per heavy atom. The summed E-state index contributed by atoms with van der Waals surface area (Å²) < 4.78 is 12.8. The van der Waals surface area contributed by atoms with Crippen LogP contribution in [0.15, 0.2) is 18.2 Å².